The Morgan fingerprint density at radius 2 is 2.21 bits per heavy atom. The number of carbonyl (C=O) groups is 2. The molecule has 102 valence electrons. The van der Waals surface area contributed by atoms with Gasteiger partial charge in [-0.15, -0.1) is 0 Å². The second kappa shape index (κ2) is 5.84. The van der Waals surface area contributed by atoms with Gasteiger partial charge in [-0.3, -0.25) is 4.79 Å². The number of aryl methyl sites for hydroxylation is 1. The summed E-state index contributed by atoms with van der Waals surface area (Å²) in [5, 5.41) is 6.04. The molecule has 0 radical (unpaired) electrons. The van der Waals surface area contributed by atoms with Crippen LogP contribution >= 0.6 is 0 Å². The molecule has 1 unspecified atom stereocenters. The monoisotopic (exact) mass is 262 g/mol. The molecule has 5 nitrogen and oxygen atoms in total. The maximum atomic E-state index is 12.1. The van der Waals surface area contributed by atoms with E-state index in [9.17, 15) is 9.59 Å². The minimum Gasteiger partial charge on any atom is -0.465 e. The third-order valence-corrected chi connectivity index (χ3v) is 3.35. The van der Waals surface area contributed by atoms with Crippen LogP contribution in [0.4, 0.5) is 5.69 Å². The van der Waals surface area contributed by atoms with Gasteiger partial charge >= 0.3 is 5.97 Å². The Morgan fingerprint density at radius 3 is 2.84 bits per heavy atom. The fourth-order valence-electron chi connectivity index (χ4n) is 2.11. The molecule has 1 heterocycles. The van der Waals surface area contributed by atoms with E-state index in [0.717, 1.165) is 18.5 Å². The van der Waals surface area contributed by atoms with Gasteiger partial charge in [0.1, 0.15) is 0 Å². The first-order chi connectivity index (χ1) is 9.11. The maximum Gasteiger partial charge on any atom is 0.337 e. The van der Waals surface area contributed by atoms with Crippen LogP contribution in [-0.4, -0.2) is 32.1 Å². The zero-order valence-corrected chi connectivity index (χ0v) is 11.2. The van der Waals surface area contributed by atoms with Crippen LogP contribution in [0, 0.1) is 12.8 Å². The van der Waals surface area contributed by atoms with Gasteiger partial charge in [-0.2, -0.15) is 0 Å². The standard InChI is InChI=1S/C14H18N2O3/c1-9-3-4-10(14(18)19-2)7-12(9)16-13(17)11-5-6-15-8-11/h3-4,7,11,15H,5-6,8H2,1-2H3,(H,16,17). The van der Waals surface area contributed by atoms with Crippen molar-refractivity contribution in [3.8, 4) is 0 Å². The summed E-state index contributed by atoms with van der Waals surface area (Å²) >= 11 is 0. The van der Waals surface area contributed by atoms with E-state index in [4.69, 9.17) is 0 Å². The van der Waals surface area contributed by atoms with E-state index in [1.54, 1.807) is 18.2 Å². The molecule has 1 amide bonds. The van der Waals surface area contributed by atoms with E-state index in [2.05, 4.69) is 15.4 Å². The van der Waals surface area contributed by atoms with Crippen molar-refractivity contribution in [1.29, 1.82) is 0 Å². The molecule has 0 aromatic heterocycles. The number of esters is 1. The Balaban J connectivity index is 2.14. The fraction of sp³-hybridized carbons (Fsp3) is 0.429. The third-order valence-electron chi connectivity index (χ3n) is 3.35. The number of carbonyl (C=O) groups excluding carboxylic acids is 2. The average molecular weight is 262 g/mol. The predicted octanol–water partition coefficient (Wildman–Crippen LogP) is 1.33. The first kappa shape index (κ1) is 13.5. The van der Waals surface area contributed by atoms with Crippen molar-refractivity contribution in [3.63, 3.8) is 0 Å². The van der Waals surface area contributed by atoms with E-state index in [-0.39, 0.29) is 11.8 Å². The summed E-state index contributed by atoms with van der Waals surface area (Å²) in [5.74, 6) is -0.408. The average Bonchev–Trinajstić information content (AvgIpc) is 2.94. The normalized spacial score (nSPS) is 18.1. The molecule has 0 bridgehead atoms. The third kappa shape index (κ3) is 3.12. The molecule has 1 aromatic rings. The minimum atomic E-state index is -0.405. The topological polar surface area (TPSA) is 67.4 Å². The highest BCUT2D eigenvalue weighted by Gasteiger charge is 2.23. The molecule has 5 heteroatoms. The summed E-state index contributed by atoms with van der Waals surface area (Å²) in [5.41, 5.74) is 2.03. The molecule has 2 rings (SSSR count). The maximum absolute atomic E-state index is 12.1. The van der Waals surface area contributed by atoms with Crippen molar-refractivity contribution >= 4 is 17.6 Å². The molecule has 2 N–H and O–H groups in total. The molecule has 0 spiro atoms. The lowest BCUT2D eigenvalue weighted by Gasteiger charge is -2.13. The summed E-state index contributed by atoms with van der Waals surface area (Å²) in [7, 11) is 1.34. The SMILES string of the molecule is COC(=O)c1ccc(C)c(NC(=O)C2CCNC2)c1. The van der Waals surface area contributed by atoms with Gasteiger partial charge in [0.2, 0.25) is 5.91 Å². The number of hydrogen-bond acceptors (Lipinski definition) is 4. The quantitative estimate of drug-likeness (QED) is 0.806. The number of anilines is 1. The van der Waals surface area contributed by atoms with Gasteiger partial charge in [0.25, 0.3) is 0 Å². The number of methoxy groups -OCH3 is 1. The van der Waals surface area contributed by atoms with Crippen molar-refractivity contribution in [1.82, 2.24) is 5.32 Å². The molecule has 1 aliphatic heterocycles. The molecule has 1 aliphatic rings. The molecule has 1 aromatic carbocycles. The zero-order chi connectivity index (χ0) is 13.8. The van der Waals surface area contributed by atoms with Crippen LogP contribution in [0.3, 0.4) is 0 Å². The Hall–Kier alpha value is -1.88. The highest BCUT2D eigenvalue weighted by atomic mass is 16.5. The van der Waals surface area contributed by atoms with E-state index >= 15 is 0 Å². The first-order valence-electron chi connectivity index (χ1n) is 6.32. The number of ether oxygens (including phenoxy) is 1. The van der Waals surface area contributed by atoms with Crippen LogP contribution in [0.2, 0.25) is 0 Å². The smallest absolute Gasteiger partial charge is 0.337 e. The first-order valence-corrected chi connectivity index (χ1v) is 6.32. The molecule has 1 atom stereocenters. The van der Waals surface area contributed by atoms with E-state index < -0.39 is 5.97 Å². The van der Waals surface area contributed by atoms with Crippen molar-refractivity contribution in [2.24, 2.45) is 5.92 Å². The lowest BCUT2D eigenvalue weighted by atomic mass is 10.1. The molecular formula is C14H18N2O3. The summed E-state index contributed by atoms with van der Waals surface area (Å²) in [4.78, 5) is 23.5. The van der Waals surface area contributed by atoms with Crippen LogP contribution in [0.5, 0.6) is 0 Å². The van der Waals surface area contributed by atoms with E-state index in [1.807, 2.05) is 6.92 Å². The van der Waals surface area contributed by atoms with Crippen molar-refractivity contribution in [3.05, 3.63) is 29.3 Å². The number of benzene rings is 1. The second-order valence-corrected chi connectivity index (χ2v) is 4.70. The fourth-order valence-corrected chi connectivity index (χ4v) is 2.11. The molecule has 1 fully saturated rings. The van der Waals surface area contributed by atoms with Crippen LogP contribution in [0.25, 0.3) is 0 Å². The summed E-state index contributed by atoms with van der Waals surface area (Å²) in [6.45, 7) is 3.48. The lowest BCUT2D eigenvalue weighted by molar-refractivity contribution is -0.119. The van der Waals surface area contributed by atoms with Gasteiger partial charge in [-0.1, -0.05) is 6.07 Å². The van der Waals surface area contributed by atoms with Gasteiger partial charge in [0.15, 0.2) is 0 Å². The highest BCUT2D eigenvalue weighted by Crippen LogP contribution is 2.19. The number of amides is 1. The van der Waals surface area contributed by atoms with E-state index in [1.165, 1.54) is 7.11 Å². The number of nitrogens with one attached hydrogen (secondary N) is 2. The Kier molecular flexibility index (Phi) is 4.16. The van der Waals surface area contributed by atoms with Gasteiger partial charge in [-0.25, -0.2) is 4.79 Å². The summed E-state index contributed by atoms with van der Waals surface area (Å²) in [6.07, 6.45) is 0.849. The molecule has 0 aliphatic carbocycles. The predicted molar refractivity (Wildman–Crippen MR) is 72.1 cm³/mol. The molecule has 0 saturated carbocycles. The number of rotatable bonds is 3. The molecular weight excluding hydrogens is 244 g/mol. The Morgan fingerprint density at radius 1 is 1.42 bits per heavy atom. The van der Waals surface area contributed by atoms with Gasteiger partial charge < -0.3 is 15.4 Å². The molecule has 19 heavy (non-hydrogen) atoms. The summed E-state index contributed by atoms with van der Waals surface area (Å²) < 4.78 is 4.67. The van der Waals surface area contributed by atoms with Crippen LogP contribution < -0.4 is 10.6 Å². The second-order valence-electron chi connectivity index (χ2n) is 4.70. The van der Waals surface area contributed by atoms with Crippen LogP contribution in [-0.2, 0) is 9.53 Å². The Bertz CT molecular complexity index is 493. The lowest BCUT2D eigenvalue weighted by Crippen LogP contribution is -2.25. The highest BCUT2D eigenvalue weighted by molar-refractivity contribution is 5.96. The molecule has 1 saturated heterocycles. The van der Waals surface area contributed by atoms with Crippen LogP contribution in [0.1, 0.15) is 22.3 Å². The van der Waals surface area contributed by atoms with Gasteiger partial charge in [0, 0.05) is 12.2 Å². The van der Waals surface area contributed by atoms with Crippen molar-refractivity contribution in [2.75, 3.05) is 25.5 Å². The van der Waals surface area contributed by atoms with Gasteiger partial charge in [0.05, 0.1) is 18.6 Å². The van der Waals surface area contributed by atoms with E-state index in [0.29, 0.717) is 17.8 Å². The zero-order valence-electron chi connectivity index (χ0n) is 11.2. The summed E-state index contributed by atoms with van der Waals surface area (Å²) in [6, 6.07) is 5.14. The van der Waals surface area contributed by atoms with Crippen LogP contribution in [0.15, 0.2) is 18.2 Å². The van der Waals surface area contributed by atoms with Crippen molar-refractivity contribution < 1.29 is 14.3 Å². The Labute approximate surface area is 112 Å². The minimum absolute atomic E-state index is 0.00110. The largest absolute Gasteiger partial charge is 0.465 e. The van der Waals surface area contributed by atoms with Crippen molar-refractivity contribution in [2.45, 2.75) is 13.3 Å². The number of hydrogen-bond donors (Lipinski definition) is 2. The van der Waals surface area contributed by atoms with Gasteiger partial charge in [-0.05, 0) is 37.6 Å².